The highest BCUT2D eigenvalue weighted by molar-refractivity contribution is 7.92. The molecule has 0 aliphatic heterocycles. The molecule has 0 aliphatic rings. The Labute approximate surface area is 112 Å². The summed E-state index contributed by atoms with van der Waals surface area (Å²) >= 11 is 5.54. The summed E-state index contributed by atoms with van der Waals surface area (Å²) < 4.78 is 38.6. The Morgan fingerprint density at radius 1 is 1.37 bits per heavy atom. The van der Waals surface area contributed by atoms with Gasteiger partial charge in [0.05, 0.1) is 6.20 Å². The molecule has 2 aromatic rings. The number of nitrogens with one attached hydrogen (secondary N) is 2. The van der Waals surface area contributed by atoms with Crippen molar-refractivity contribution in [1.82, 2.24) is 9.97 Å². The molecule has 9 heteroatoms. The lowest BCUT2D eigenvalue weighted by molar-refractivity contribution is 0.600. The number of halogens is 2. The van der Waals surface area contributed by atoms with Gasteiger partial charge in [-0.05, 0) is 18.2 Å². The van der Waals surface area contributed by atoms with Crippen LogP contribution >= 0.6 is 11.6 Å². The first-order valence-electron chi connectivity index (χ1n) is 4.91. The summed E-state index contributed by atoms with van der Waals surface area (Å²) in [5, 5.41) is -0.255. The molecule has 0 radical (unpaired) electrons. The van der Waals surface area contributed by atoms with Crippen LogP contribution < -0.4 is 10.3 Å². The number of nitrogens with zero attached hydrogens (tertiary/aromatic N) is 1. The van der Waals surface area contributed by atoms with Crippen LogP contribution in [0.4, 0.5) is 10.2 Å². The third kappa shape index (κ3) is 3.09. The Kier molecular flexibility index (Phi) is 3.54. The molecule has 0 aliphatic carbocycles. The van der Waals surface area contributed by atoms with E-state index in [1.165, 1.54) is 6.07 Å². The average Bonchev–Trinajstić information content (AvgIpc) is 2.35. The van der Waals surface area contributed by atoms with Gasteiger partial charge in [-0.2, -0.15) is 0 Å². The number of rotatable bonds is 3. The van der Waals surface area contributed by atoms with E-state index in [0.29, 0.717) is 0 Å². The van der Waals surface area contributed by atoms with E-state index in [-0.39, 0.29) is 15.7 Å². The largest absolute Gasteiger partial charge is 0.326 e. The number of H-pyrrole nitrogens is 1. The number of hydrogen-bond donors (Lipinski definition) is 2. The van der Waals surface area contributed by atoms with Crippen molar-refractivity contribution >= 4 is 27.4 Å². The molecule has 0 spiro atoms. The highest BCUT2D eigenvalue weighted by atomic mass is 35.5. The Morgan fingerprint density at radius 2 is 2.11 bits per heavy atom. The molecule has 2 heterocycles. The highest BCUT2D eigenvalue weighted by Crippen LogP contribution is 2.15. The second kappa shape index (κ2) is 4.98. The molecule has 0 amide bonds. The number of anilines is 1. The van der Waals surface area contributed by atoms with E-state index < -0.39 is 21.4 Å². The van der Waals surface area contributed by atoms with Crippen LogP contribution in [0.15, 0.2) is 40.3 Å². The molecule has 0 unspecified atom stereocenters. The second-order valence-electron chi connectivity index (χ2n) is 3.48. The summed E-state index contributed by atoms with van der Waals surface area (Å²) in [6.07, 6.45) is 1.87. The summed E-state index contributed by atoms with van der Waals surface area (Å²) in [5.74, 6) is -0.640. The van der Waals surface area contributed by atoms with Crippen molar-refractivity contribution in [2.45, 2.75) is 4.90 Å². The van der Waals surface area contributed by atoms with Crippen LogP contribution in [0.3, 0.4) is 0 Å². The first-order valence-corrected chi connectivity index (χ1v) is 6.77. The molecule has 2 aromatic heterocycles. The maximum Gasteiger partial charge on any atom is 0.266 e. The molecule has 0 aromatic carbocycles. The van der Waals surface area contributed by atoms with Crippen LogP contribution in [0.1, 0.15) is 0 Å². The fourth-order valence-electron chi connectivity index (χ4n) is 1.23. The standard InChI is InChI=1S/C10H7ClFN3O3S/c11-8-3-7(5-14-10(8)16)19(17,18)15-9-2-1-6(12)4-13-9/h1-5H,(H,13,15)(H,14,16). The van der Waals surface area contributed by atoms with Crippen molar-refractivity contribution in [2.24, 2.45) is 0 Å². The van der Waals surface area contributed by atoms with E-state index in [2.05, 4.69) is 14.7 Å². The maximum atomic E-state index is 12.6. The Balaban J connectivity index is 2.34. The van der Waals surface area contributed by atoms with Crippen molar-refractivity contribution in [1.29, 1.82) is 0 Å². The van der Waals surface area contributed by atoms with Crippen LogP contribution in [0.25, 0.3) is 0 Å². The van der Waals surface area contributed by atoms with Gasteiger partial charge < -0.3 is 4.98 Å². The molecule has 0 bridgehead atoms. The van der Waals surface area contributed by atoms with Gasteiger partial charge in [-0.15, -0.1) is 0 Å². The Bertz CT molecular complexity index is 758. The van der Waals surface area contributed by atoms with Gasteiger partial charge in [-0.1, -0.05) is 11.6 Å². The quantitative estimate of drug-likeness (QED) is 0.895. The van der Waals surface area contributed by atoms with Crippen LogP contribution in [-0.4, -0.2) is 18.4 Å². The Morgan fingerprint density at radius 3 is 2.68 bits per heavy atom. The number of sulfonamides is 1. The van der Waals surface area contributed by atoms with Crippen LogP contribution in [-0.2, 0) is 10.0 Å². The molecule has 0 saturated carbocycles. The van der Waals surface area contributed by atoms with Crippen molar-refractivity contribution in [2.75, 3.05) is 4.72 Å². The predicted octanol–water partition coefficient (Wildman–Crippen LogP) is 1.36. The molecular formula is C10H7ClFN3O3S. The smallest absolute Gasteiger partial charge is 0.266 e. The monoisotopic (exact) mass is 303 g/mol. The van der Waals surface area contributed by atoms with Gasteiger partial charge in [0.15, 0.2) is 0 Å². The molecule has 0 atom stereocenters. The van der Waals surface area contributed by atoms with Gasteiger partial charge >= 0.3 is 0 Å². The lowest BCUT2D eigenvalue weighted by atomic mass is 10.5. The zero-order chi connectivity index (χ0) is 14.0. The summed E-state index contributed by atoms with van der Waals surface area (Å²) in [6.45, 7) is 0. The van der Waals surface area contributed by atoms with Crippen molar-refractivity contribution in [3.05, 3.63) is 51.8 Å². The van der Waals surface area contributed by atoms with Gasteiger partial charge in [0, 0.05) is 6.20 Å². The number of aromatic nitrogens is 2. The van der Waals surface area contributed by atoms with Gasteiger partial charge in [-0.25, -0.2) is 17.8 Å². The zero-order valence-electron chi connectivity index (χ0n) is 9.22. The summed E-state index contributed by atoms with van der Waals surface area (Å²) in [5.41, 5.74) is -0.597. The van der Waals surface area contributed by atoms with Gasteiger partial charge in [0.2, 0.25) is 0 Å². The first-order chi connectivity index (χ1) is 8.88. The SMILES string of the molecule is O=c1[nH]cc(S(=O)(=O)Nc2ccc(F)cn2)cc1Cl. The molecular weight excluding hydrogens is 297 g/mol. The zero-order valence-corrected chi connectivity index (χ0v) is 10.8. The third-order valence-corrected chi connectivity index (χ3v) is 3.72. The van der Waals surface area contributed by atoms with Crippen LogP contribution in [0, 0.1) is 5.82 Å². The van der Waals surface area contributed by atoms with Crippen LogP contribution in [0.5, 0.6) is 0 Å². The minimum absolute atomic E-state index is 0.0521. The topological polar surface area (TPSA) is 91.9 Å². The van der Waals surface area contributed by atoms with Gasteiger partial charge in [-0.3, -0.25) is 9.52 Å². The maximum absolute atomic E-state index is 12.6. The number of hydrogen-bond acceptors (Lipinski definition) is 4. The number of aromatic amines is 1. The molecule has 0 fully saturated rings. The summed E-state index contributed by atoms with van der Waals surface area (Å²) in [4.78, 5) is 16.5. The third-order valence-electron chi connectivity index (χ3n) is 2.11. The summed E-state index contributed by atoms with van der Waals surface area (Å²) in [6, 6.07) is 3.23. The molecule has 6 nitrogen and oxygen atoms in total. The highest BCUT2D eigenvalue weighted by Gasteiger charge is 2.16. The molecule has 2 N–H and O–H groups in total. The van der Waals surface area contributed by atoms with E-state index in [9.17, 15) is 17.6 Å². The van der Waals surface area contributed by atoms with E-state index in [1.807, 2.05) is 0 Å². The second-order valence-corrected chi connectivity index (χ2v) is 5.57. The van der Waals surface area contributed by atoms with Gasteiger partial charge in [0.1, 0.15) is 21.6 Å². The fourth-order valence-corrected chi connectivity index (χ4v) is 2.46. The Hall–Kier alpha value is -1.93. The molecule has 19 heavy (non-hydrogen) atoms. The van der Waals surface area contributed by atoms with Crippen molar-refractivity contribution in [3.63, 3.8) is 0 Å². The average molecular weight is 304 g/mol. The molecule has 100 valence electrons. The lowest BCUT2D eigenvalue weighted by Crippen LogP contribution is -2.16. The normalized spacial score (nSPS) is 11.3. The van der Waals surface area contributed by atoms with Gasteiger partial charge in [0.25, 0.3) is 15.6 Å². The number of pyridine rings is 2. The van der Waals surface area contributed by atoms with E-state index in [0.717, 1.165) is 24.5 Å². The molecule has 2 rings (SSSR count). The van der Waals surface area contributed by atoms with Crippen LogP contribution in [0.2, 0.25) is 5.02 Å². The summed E-state index contributed by atoms with van der Waals surface area (Å²) in [7, 11) is -3.95. The van der Waals surface area contributed by atoms with E-state index in [4.69, 9.17) is 11.6 Å². The lowest BCUT2D eigenvalue weighted by Gasteiger charge is -2.06. The minimum Gasteiger partial charge on any atom is -0.326 e. The predicted molar refractivity (Wildman–Crippen MR) is 67.1 cm³/mol. The first kappa shape index (κ1) is 13.5. The van der Waals surface area contributed by atoms with E-state index in [1.54, 1.807) is 0 Å². The molecule has 0 saturated heterocycles. The van der Waals surface area contributed by atoms with Crippen molar-refractivity contribution in [3.8, 4) is 0 Å². The minimum atomic E-state index is -3.95. The van der Waals surface area contributed by atoms with E-state index >= 15 is 0 Å². The van der Waals surface area contributed by atoms with Crippen molar-refractivity contribution < 1.29 is 12.8 Å². The fraction of sp³-hybridized carbons (Fsp3) is 0.